The van der Waals surface area contributed by atoms with E-state index in [1.54, 1.807) is 0 Å². The SMILES string of the molecule is CCCCCCNC(C)C(O)c1c(C)cc(C)cc1C. The fourth-order valence-electron chi connectivity index (χ4n) is 2.90. The summed E-state index contributed by atoms with van der Waals surface area (Å²) in [5.41, 5.74) is 4.73. The van der Waals surface area contributed by atoms with Crippen LogP contribution >= 0.6 is 0 Å². The summed E-state index contributed by atoms with van der Waals surface area (Å²) < 4.78 is 0. The summed E-state index contributed by atoms with van der Waals surface area (Å²) in [6, 6.07) is 4.40. The molecule has 0 aliphatic carbocycles. The van der Waals surface area contributed by atoms with E-state index in [1.165, 1.54) is 42.4 Å². The molecule has 0 bridgehead atoms. The average Bonchev–Trinajstić information content (AvgIpc) is 2.36. The molecule has 0 heterocycles. The Morgan fingerprint density at radius 3 is 2.20 bits per heavy atom. The van der Waals surface area contributed by atoms with E-state index in [4.69, 9.17) is 0 Å². The van der Waals surface area contributed by atoms with Crippen molar-refractivity contribution in [2.75, 3.05) is 6.54 Å². The van der Waals surface area contributed by atoms with Crippen molar-refractivity contribution in [2.24, 2.45) is 0 Å². The highest BCUT2D eigenvalue weighted by Crippen LogP contribution is 2.25. The van der Waals surface area contributed by atoms with Crippen LogP contribution in [0.4, 0.5) is 0 Å². The van der Waals surface area contributed by atoms with Crippen molar-refractivity contribution in [3.63, 3.8) is 0 Å². The molecule has 0 spiro atoms. The van der Waals surface area contributed by atoms with Gasteiger partial charge in [-0.05, 0) is 57.4 Å². The number of aliphatic hydroxyl groups is 1. The lowest BCUT2D eigenvalue weighted by Gasteiger charge is -2.24. The van der Waals surface area contributed by atoms with Gasteiger partial charge in [0.2, 0.25) is 0 Å². The second kappa shape index (κ2) is 8.43. The quantitative estimate of drug-likeness (QED) is 0.698. The highest BCUT2D eigenvalue weighted by atomic mass is 16.3. The maximum Gasteiger partial charge on any atom is 0.0945 e. The first-order valence-corrected chi connectivity index (χ1v) is 7.96. The van der Waals surface area contributed by atoms with E-state index in [-0.39, 0.29) is 6.04 Å². The number of rotatable bonds is 8. The fourth-order valence-corrected chi connectivity index (χ4v) is 2.90. The lowest BCUT2D eigenvalue weighted by Crippen LogP contribution is -2.33. The van der Waals surface area contributed by atoms with Gasteiger partial charge in [0.25, 0.3) is 0 Å². The van der Waals surface area contributed by atoms with Crippen molar-refractivity contribution in [1.29, 1.82) is 0 Å². The molecule has 0 radical (unpaired) electrons. The van der Waals surface area contributed by atoms with Gasteiger partial charge in [-0.2, -0.15) is 0 Å². The Kier molecular flexibility index (Phi) is 7.25. The van der Waals surface area contributed by atoms with Crippen molar-refractivity contribution in [3.05, 3.63) is 34.4 Å². The summed E-state index contributed by atoms with van der Waals surface area (Å²) in [4.78, 5) is 0. The largest absolute Gasteiger partial charge is 0.387 e. The molecule has 2 unspecified atom stereocenters. The van der Waals surface area contributed by atoms with Gasteiger partial charge in [0, 0.05) is 6.04 Å². The van der Waals surface area contributed by atoms with E-state index in [0.717, 1.165) is 12.1 Å². The van der Waals surface area contributed by atoms with Gasteiger partial charge in [-0.15, -0.1) is 0 Å². The minimum Gasteiger partial charge on any atom is -0.387 e. The monoisotopic (exact) mass is 277 g/mol. The summed E-state index contributed by atoms with van der Waals surface area (Å²) in [5.74, 6) is 0. The van der Waals surface area contributed by atoms with Gasteiger partial charge in [0.1, 0.15) is 0 Å². The van der Waals surface area contributed by atoms with Crippen LogP contribution in [0.5, 0.6) is 0 Å². The molecule has 0 saturated carbocycles. The van der Waals surface area contributed by atoms with Crippen molar-refractivity contribution in [3.8, 4) is 0 Å². The normalized spacial score (nSPS) is 14.3. The summed E-state index contributed by atoms with van der Waals surface area (Å²) in [6.07, 6.45) is 4.60. The molecule has 1 aromatic rings. The van der Waals surface area contributed by atoms with E-state index in [2.05, 4.69) is 52.1 Å². The summed E-state index contributed by atoms with van der Waals surface area (Å²) in [7, 11) is 0. The van der Waals surface area contributed by atoms with Crippen LogP contribution in [0.3, 0.4) is 0 Å². The smallest absolute Gasteiger partial charge is 0.0945 e. The van der Waals surface area contributed by atoms with Gasteiger partial charge >= 0.3 is 0 Å². The van der Waals surface area contributed by atoms with Crippen molar-refractivity contribution in [2.45, 2.75) is 72.4 Å². The van der Waals surface area contributed by atoms with Crippen LogP contribution in [0.15, 0.2) is 12.1 Å². The minimum absolute atomic E-state index is 0.0942. The molecule has 2 nitrogen and oxygen atoms in total. The zero-order chi connectivity index (χ0) is 15.1. The molecule has 2 heteroatoms. The van der Waals surface area contributed by atoms with Crippen LogP contribution < -0.4 is 5.32 Å². The Labute approximate surface area is 124 Å². The highest BCUT2D eigenvalue weighted by Gasteiger charge is 2.19. The van der Waals surface area contributed by atoms with Gasteiger partial charge in [0.05, 0.1) is 6.10 Å². The van der Waals surface area contributed by atoms with Gasteiger partial charge in [-0.3, -0.25) is 0 Å². The summed E-state index contributed by atoms with van der Waals surface area (Å²) in [5, 5.41) is 14.0. The van der Waals surface area contributed by atoms with Crippen molar-refractivity contribution in [1.82, 2.24) is 5.32 Å². The van der Waals surface area contributed by atoms with E-state index < -0.39 is 6.10 Å². The van der Waals surface area contributed by atoms with Crippen LogP contribution in [0.1, 0.15) is 67.9 Å². The predicted octanol–water partition coefficient (Wildman–Crippen LogP) is 4.20. The van der Waals surface area contributed by atoms with Gasteiger partial charge in [-0.1, -0.05) is 43.9 Å². The first-order chi connectivity index (χ1) is 9.47. The van der Waals surface area contributed by atoms with E-state index in [0.29, 0.717) is 0 Å². The molecule has 0 aliphatic heterocycles. The van der Waals surface area contributed by atoms with Crippen LogP contribution in [0.2, 0.25) is 0 Å². The molecule has 1 aromatic carbocycles. The standard InChI is InChI=1S/C18H31NO/c1-6-7-8-9-10-19-16(5)18(20)17-14(3)11-13(2)12-15(17)4/h11-12,16,18-20H,6-10H2,1-5H3. The molecular formula is C18H31NO. The van der Waals surface area contributed by atoms with E-state index in [1.807, 2.05) is 0 Å². The Hall–Kier alpha value is -0.860. The predicted molar refractivity (Wildman–Crippen MR) is 87.2 cm³/mol. The van der Waals surface area contributed by atoms with E-state index in [9.17, 15) is 5.11 Å². The number of aliphatic hydroxyl groups excluding tert-OH is 1. The first-order valence-electron chi connectivity index (χ1n) is 7.96. The molecular weight excluding hydrogens is 246 g/mol. The van der Waals surface area contributed by atoms with Gasteiger partial charge in [0.15, 0.2) is 0 Å². The maximum absolute atomic E-state index is 10.6. The first kappa shape index (κ1) is 17.2. The number of hydrogen-bond acceptors (Lipinski definition) is 2. The molecule has 20 heavy (non-hydrogen) atoms. The molecule has 2 atom stereocenters. The van der Waals surface area contributed by atoms with Crippen LogP contribution in [-0.4, -0.2) is 17.7 Å². The van der Waals surface area contributed by atoms with Crippen LogP contribution in [0.25, 0.3) is 0 Å². The molecule has 0 aromatic heterocycles. The molecule has 1 rings (SSSR count). The Bertz CT molecular complexity index is 391. The lowest BCUT2D eigenvalue weighted by atomic mass is 9.92. The van der Waals surface area contributed by atoms with Gasteiger partial charge < -0.3 is 10.4 Å². The number of aryl methyl sites for hydroxylation is 3. The third-order valence-electron chi connectivity index (χ3n) is 4.00. The number of benzene rings is 1. The third-order valence-corrected chi connectivity index (χ3v) is 4.00. The highest BCUT2D eigenvalue weighted by molar-refractivity contribution is 5.39. The second-order valence-electron chi connectivity index (χ2n) is 6.06. The lowest BCUT2D eigenvalue weighted by molar-refractivity contribution is 0.134. The second-order valence-corrected chi connectivity index (χ2v) is 6.06. The average molecular weight is 277 g/mol. The zero-order valence-corrected chi connectivity index (χ0v) is 13.8. The van der Waals surface area contributed by atoms with Gasteiger partial charge in [-0.25, -0.2) is 0 Å². The topological polar surface area (TPSA) is 32.3 Å². The number of nitrogens with one attached hydrogen (secondary N) is 1. The molecule has 0 saturated heterocycles. The summed E-state index contributed by atoms with van der Waals surface area (Å²) >= 11 is 0. The zero-order valence-electron chi connectivity index (χ0n) is 13.8. The van der Waals surface area contributed by atoms with Crippen molar-refractivity contribution < 1.29 is 5.11 Å². The van der Waals surface area contributed by atoms with Crippen molar-refractivity contribution >= 4 is 0 Å². The van der Waals surface area contributed by atoms with E-state index >= 15 is 0 Å². The number of hydrogen-bond donors (Lipinski definition) is 2. The fraction of sp³-hybridized carbons (Fsp3) is 0.667. The Morgan fingerprint density at radius 1 is 1.05 bits per heavy atom. The molecule has 114 valence electrons. The number of unbranched alkanes of at least 4 members (excludes halogenated alkanes) is 3. The minimum atomic E-state index is -0.429. The maximum atomic E-state index is 10.6. The van der Waals surface area contributed by atoms with Crippen LogP contribution in [-0.2, 0) is 0 Å². The molecule has 0 aliphatic rings. The summed E-state index contributed by atoms with van der Waals surface area (Å²) in [6.45, 7) is 11.6. The molecule has 0 amide bonds. The van der Waals surface area contributed by atoms with Crippen LogP contribution in [0, 0.1) is 20.8 Å². The third kappa shape index (κ3) is 4.92. The Balaban J connectivity index is 2.58. The molecule has 2 N–H and O–H groups in total. The molecule has 0 fully saturated rings. The Morgan fingerprint density at radius 2 is 1.65 bits per heavy atom.